The van der Waals surface area contributed by atoms with Crippen LogP contribution in [-0.2, 0) is 26.8 Å². The molecule has 1 fully saturated rings. The van der Waals surface area contributed by atoms with E-state index in [1.54, 1.807) is 13.1 Å². The van der Waals surface area contributed by atoms with Crippen molar-refractivity contribution >= 4 is 32.3 Å². The van der Waals surface area contributed by atoms with Gasteiger partial charge in [0.15, 0.2) is 0 Å². The Morgan fingerprint density at radius 3 is 2.59 bits per heavy atom. The molecule has 1 saturated heterocycles. The van der Waals surface area contributed by atoms with Crippen molar-refractivity contribution in [2.45, 2.75) is 23.9 Å². The number of thiazole rings is 1. The highest BCUT2D eigenvalue weighted by molar-refractivity contribution is 7.89. The van der Waals surface area contributed by atoms with Crippen molar-refractivity contribution < 1.29 is 17.5 Å². The SMILES string of the molecule is Cc1ncc(Cn2c(=O)c3cc(S(N)(=O)=O)ccc3n(C3(CF)COC3)c2=O)s1. The fourth-order valence-corrected chi connectivity index (χ4v) is 4.67. The van der Waals surface area contributed by atoms with Gasteiger partial charge >= 0.3 is 5.69 Å². The molecule has 2 aromatic heterocycles. The molecule has 12 heteroatoms. The molecular formula is C17H17FN4O5S2. The predicted octanol–water partition coefficient (Wildman–Crippen LogP) is 0.319. The van der Waals surface area contributed by atoms with Gasteiger partial charge in [-0.25, -0.2) is 27.7 Å². The number of alkyl halides is 1. The van der Waals surface area contributed by atoms with E-state index in [0.29, 0.717) is 4.88 Å². The summed E-state index contributed by atoms with van der Waals surface area (Å²) < 4.78 is 44.8. The Balaban J connectivity index is 2.06. The number of hydrogen-bond donors (Lipinski definition) is 1. The zero-order chi connectivity index (χ0) is 21.0. The van der Waals surface area contributed by atoms with Crippen molar-refractivity contribution in [2.75, 3.05) is 19.9 Å². The van der Waals surface area contributed by atoms with Gasteiger partial charge in [0, 0.05) is 11.1 Å². The molecule has 0 spiro atoms. The molecule has 1 aliphatic heterocycles. The Bertz CT molecular complexity index is 1330. The van der Waals surface area contributed by atoms with E-state index < -0.39 is 33.5 Å². The molecule has 3 aromatic rings. The number of rotatable bonds is 5. The summed E-state index contributed by atoms with van der Waals surface area (Å²) in [7, 11) is -4.08. The van der Waals surface area contributed by atoms with Crippen molar-refractivity contribution in [1.29, 1.82) is 0 Å². The lowest BCUT2D eigenvalue weighted by atomic mass is 9.98. The number of nitrogens with zero attached hydrogens (tertiary/aromatic N) is 3. The number of fused-ring (bicyclic) bond motifs is 1. The van der Waals surface area contributed by atoms with Gasteiger partial charge in [-0.15, -0.1) is 11.3 Å². The summed E-state index contributed by atoms with van der Waals surface area (Å²) in [4.78, 5) is 30.8. The van der Waals surface area contributed by atoms with E-state index in [-0.39, 0.29) is 35.6 Å². The third-order valence-corrected chi connectivity index (χ3v) is 6.69. The van der Waals surface area contributed by atoms with Gasteiger partial charge in [-0.3, -0.25) is 13.9 Å². The molecule has 154 valence electrons. The standard InChI is InChI=1S/C17H17FN4O5S2/c1-10-20-5-11(28-10)6-21-15(23)13-4-12(29(19,25)26)2-3-14(13)22(16(21)24)17(7-18)8-27-9-17/h2-5H,6-9H2,1H3,(H2,19,25,26). The van der Waals surface area contributed by atoms with Crippen LogP contribution >= 0.6 is 11.3 Å². The van der Waals surface area contributed by atoms with Crippen LogP contribution in [0.25, 0.3) is 10.9 Å². The number of aryl methyl sites for hydroxylation is 1. The molecular weight excluding hydrogens is 423 g/mol. The lowest BCUT2D eigenvalue weighted by molar-refractivity contribution is -0.111. The number of sulfonamides is 1. The number of nitrogens with two attached hydrogens (primary N) is 1. The van der Waals surface area contributed by atoms with E-state index in [0.717, 1.165) is 15.6 Å². The third kappa shape index (κ3) is 3.21. The monoisotopic (exact) mass is 440 g/mol. The fraction of sp³-hybridized carbons (Fsp3) is 0.353. The Kier molecular flexibility index (Phi) is 4.69. The number of aromatic nitrogens is 3. The van der Waals surface area contributed by atoms with Crippen LogP contribution < -0.4 is 16.4 Å². The van der Waals surface area contributed by atoms with E-state index in [1.165, 1.54) is 28.0 Å². The van der Waals surface area contributed by atoms with Gasteiger partial charge in [0.25, 0.3) is 5.56 Å². The van der Waals surface area contributed by atoms with Crippen LogP contribution in [0.15, 0.2) is 38.9 Å². The molecule has 3 heterocycles. The second-order valence-electron chi connectivity index (χ2n) is 6.93. The maximum atomic E-state index is 14.0. The first-order chi connectivity index (χ1) is 13.7. The van der Waals surface area contributed by atoms with E-state index >= 15 is 0 Å². The Hall–Kier alpha value is -2.41. The van der Waals surface area contributed by atoms with Gasteiger partial charge in [-0.05, 0) is 25.1 Å². The van der Waals surface area contributed by atoms with Crippen molar-refractivity contribution in [3.05, 3.63) is 55.1 Å². The minimum absolute atomic E-state index is 0.0344. The van der Waals surface area contributed by atoms with Crippen LogP contribution in [0.5, 0.6) is 0 Å². The highest BCUT2D eigenvalue weighted by atomic mass is 32.2. The van der Waals surface area contributed by atoms with Crippen molar-refractivity contribution in [3.63, 3.8) is 0 Å². The molecule has 1 aromatic carbocycles. The topological polar surface area (TPSA) is 126 Å². The highest BCUT2D eigenvalue weighted by Crippen LogP contribution is 2.29. The van der Waals surface area contributed by atoms with Crippen LogP contribution in [0, 0.1) is 6.92 Å². The lowest BCUT2D eigenvalue weighted by Crippen LogP contribution is -2.59. The van der Waals surface area contributed by atoms with E-state index in [9.17, 15) is 22.4 Å². The van der Waals surface area contributed by atoms with Gasteiger partial charge in [-0.2, -0.15) is 0 Å². The Morgan fingerprint density at radius 1 is 1.34 bits per heavy atom. The summed E-state index contributed by atoms with van der Waals surface area (Å²) in [5.74, 6) is 0. The molecule has 1 aliphatic rings. The number of hydrogen-bond acceptors (Lipinski definition) is 7. The van der Waals surface area contributed by atoms with Gasteiger partial charge in [0.1, 0.15) is 12.2 Å². The lowest BCUT2D eigenvalue weighted by Gasteiger charge is -2.41. The number of primary sulfonamides is 1. The first kappa shape index (κ1) is 19.9. The highest BCUT2D eigenvalue weighted by Gasteiger charge is 2.43. The second kappa shape index (κ2) is 6.83. The summed E-state index contributed by atoms with van der Waals surface area (Å²) in [6.45, 7) is 0.775. The van der Waals surface area contributed by atoms with Crippen LogP contribution in [0.2, 0.25) is 0 Å². The Morgan fingerprint density at radius 2 is 2.07 bits per heavy atom. The van der Waals surface area contributed by atoms with Gasteiger partial charge in [0.05, 0.1) is 40.6 Å². The molecule has 0 bridgehead atoms. The number of ether oxygens (including phenoxy) is 1. The molecule has 0 unspecified atom stereocenters. The van der Waals surface area contributed by atoms with Crippen molar-refractivity contribution in [2.24, 2.45) is 5.14 Å². The smallest absolute Gasteiger partial charge is 0.332 e. The quantitative estimate of drug-likeness (QED) is 0.609. The molecule has 0 atom stereocenters. The van der Waals surface area contributed by atoms with Gasteiger partial charge < -0.3 is 4.74 Å². The van der Waals surface area contributed by atoms with Gasteiger partial charge in [0.2, 0.25) is 10.0 Å². The van der Waals surface area contributed by atoms with Crippen molar-refractivity contribution in [1.82, 2.24) is 14.1 Å². The summed E-state index contributed by atoms with van der Waals surface area (Å²) in [6, 6.07) is 3.60. The average molecular weight is 440 g/mol. The zero-order valence-electron chi connectivity index (χ0n) is 15.3. The van der Waals surface area contributed by atoms with Gasteiger partial charge in [-0.1, -0.05) is 0 Å². The normalized spacial score (nSPS) is 16.1. The van der Waals surface area contributed by atoms with Crippen LogP contribution in [0.3, 0.4) is 0 Å². The number of benzene rings is 1. The van der Waals surface area contributed by atoms with Crippen LogP contribution in [0.4, 0.5) is 4.39 Å². The maximum Gasteiger partial charge on any atom is 0.332 e. The Labute approximate surface area is 168 Å². The van der Waals surface area contributed by atoms with Crippen LogP contribution in [0.1, 0.15) is 9.88 Å². The summed E-state index contributed by atoms with van der Waals surface area (Å²) in [5, 5.41) is 5.91. The zero-order valence-corrected chi connectivity index (χ0v) is 16.9. The van der Waals surface area contributed by atoms with Crippen LogP contribution in [-0.4, -0.2) is 42.4 Å². The largest absolute Gasteiger partial charge is 0.376 e. The number of halogens is 1. The minimum Gasteiger partial charge on any atom is -0.376 e. The fourth-order valence-electron chi connectivity index (χ4n) is 3.35. The molecule has 0 radical (unpaired) electrons. The molecule has 0 aliphatic carbocycles. The van der Waals surface area contributed by atoms with Crippen molar-refractivity contribution in [3.8, 4) is 0 Å². The first-order valence-corrected chi connectivity index (χ1v) is 10.9. The molecule has 0 amide bonds. The third-order valence-electron chi connectivity index (χ3n) is 4.88. The molecule has 9 nitrogen and oxygen atoms in total. The first-order valence-electron chi connectivity index (χ1n) is 8.54. The average Bonchev–Trinajstić information content (AvgIpc) is 3.04. The van der Waals surface area contributed by atoms with E-state index in [1.807, 2.05) is 0 Å². The molecule has 29 heavy (non-hydrogen) atoms. The molecule has 0 saturated carbocycles. The minimum atomic E-state index is -4.08. The van der Waals surface area contributed by atoms with E-state index in [2.05, 4.69) is 4.98 Å². The molecule has 2 N–H and O–H groups in total. The summed E-state index contributed by atoms with van der Waals surface area (Å²) in [6.07, 6.45) is 1.55. The summed E-state index contributed by atoms with van der Waals surface area (Å²) in [5.41, 5.74) is -2.51. The van der Waals surface area contributed by atoms with E-state index in [4.69, 9.17) is 9.88 Å². The second-order valence-corrected chi connectivity index (χ2v) is 9.81. The summed E-state index contributed by atoms with van der Waals surface area (Å²) >= 11 is 1.32. The maximum absolute atomic E-state index is 14.0. The molecule has 4 rings (SSSR count). The predicted molar refractivity (Wildman–Crippen MR) is 105 cm³/mol.